The predicted molar refractivity (Wildman–Crippen MR) is 82.8 cm³/mol. The van der Waals surface area contributed by atoms with Crippen molar-refractivity contribution < 1.29 is 9.59 Å². The van der Waals surface area contributed by atoms with E-state index in [0.717, 1.165) is 12.8 Å². The topological polar surface area (TPSA) is 49.4 Å². The molecule has 1 saturated heterocycles. The van der Waals surface area contributed by atoms with Crippen molar-refractivity contribution in [3.63, 3.8) is 0 Å². The SMILES string of the molecule is CC(CCc1ccccc1)N1CCC(=O)NC(C)(C)C1=O. The quantitative estimate of drug-likeness (QED) is 0.922. The maximum absolute atomic E-state index is 12.6. The predicted octanol–water partition coefficient (Wildman–Crippen LogP) is 2.13. The van der Waals surface area contributed by atoms with E-state index in [0.29, 0.717) is 13.0 Å². The lowest BCUT2D eigenvalue weighted by molar-refractivity contribution is -0.139. The number of carbonyl (C=O) groups is 2. The molecule has 1 unspecified atom stereocenters. The van der Waals surface area contributed by atoms with Crippen LogP contribution >= 0.6 is 0 Å². The largest absolute Gasteiger partial charge is 0.342 e. The van der Waals surface area contributed by atoms with Gasteiger partial charge in [0.05, 0.1) is 0 Å². The smallest absolute Gasteiger partial charge is 0.247 e. The van der Waals surface area contributed by atoms with Crippen LogP contribution in [-0.2, 0) is 16.0 Å². The molecule has 1 fully saturated rings. The maximum Gasteiger partial charge on any atom is 0.247 e. The normalized spacial score (nSPS) is 19.9. The first-order valence-electron chi connectivity index (χ1n) is 7.56. The van der Waals surface area contributed by atoms with Crippen molar-refractivity contribution in [3.8, 4) is 0 Å². The number of rotatable bonds is 4. The van der Waals surface area contributed by atoms with Crippen molar-refractivity contribution in [1.82, 2.24) is 10.2 Å². The van der Waals surface area contributed by atoms with Crippen molar-refractivity contribution in [2.75, 3.05) is 6.54 Å². The first kappa shape index (κ1) is 15.5. The Kier molecular flexibility index (Phi) is 4.66. The van der Waals surface area contributed by atoms with Crippen LogP contribution in [0.5, 0.6) is 0 Å². The van der Waals surface area contributed by atoms with E-state index >= 15 is 0 Å². The molecule has 0 aromatic heterocycles. The highest BCUT2D eigenvalue weighted by Gasteiger charge is 2.37. The van der Waals surface area contributed by atoms with Crippen LogP contribution < -0.4 is 5.32 Å². The van der Waals surface area contributed by atoms with E-state index in [1.165, 1.54) is 5.56 Å². The second kappa shape index (κ2) is 6.29. The highest BCUT2D eigenvalue weighted by atomic mass is 16.2. The Bertz CT molecular complexity index is 511. The zero-order valence-corrected chi connectivity index (χ0v) is 13.1. The number of hydrogen-bond donors (Lipinski definition) is 1. The number of aryl methyl sites for hydroxylation is 1. The summed E-state index contributed by atoms with van der Waals surface area (Å²) in [6, 6.07) is 10.4. The molecule has 4 nitrogen and oxygen atoms in total. The first-order chi connectivity index (χ1) is 9.90. The summed E-state index contributed by atoms with van der Waals surface area (Å²) in [5, 5.41) is 2.80. The number of carbonyl (C=O) groups excluding carboxylic acids is 2. The minimum Gasteiger partial charge on any atom is -0.342 e. The molecule has 0 aliphatic carbocycles. The van der Waals surface area contributed by atoms with Crippen LogP contribution in [0.1, 0.15) is 39.2 Å². The van der Waals surface area contributed by atoms with Gasteiger partial charge in [0.15, 0.2) is 0 Å². The number of nitrogens with one attached hydrogen (secondary N) is 1. The molecule has 0 saturated carbocycles. The van der Waals surface area contributed by atoms with Crippen LogP contribution in [0.2, 0.25) is 0 Å². The van der Waals surface area contributed by atoms with E-state index in [1.807, 2.05) is 23.1 Å². The summed E-state index contributed by atoms with van der Waals surface area (Å²) in [5.41, 5.74) is 0.467. The molecule has 0 spiro atoms. The number of hydrogen-bond acceptors (Lipinski definition) is 2. The molecule has 1 aliphatic rings. The number of nitrogens with zero attached hydrogens (tertiary/aromatic N) is 1. The molecule has 21 heavy (non-hydrogen) atoms. The van der Waals surface area contributed by atoms with Crippen LogP contribution in [0.15, 0.2) is 30.3 Å². The van der Waals surface area contributed by atoms with Gasteiger partial charge in [0.25, 0.3) is 0 Å². The third kappa shape index (κ3) is 3.84. The highest BCUT2D eigenvalue weighted by molar-refractivity contribution is 5.92. The van der Waals surface area contributed by atoms with E-state index in [9.17, 15) is 9.59 Å². The van der Waals surface area contributed by atoms with Gasteiger partial charge in [-0.2, -0.15) is 0 Å². The molecule has 1 aromatic carbocycles. The van der Waals surface area contributed by atoms with Crippen LogP contribution in [-0.4, -0.2) is 34.8 Å². The molecule has 1 atom stereocenters. The highest BCUT2D eigenvalue weighted by Crippen LogP contribution is 2.18. The number of benzene rings is 1. The monoisotopic (exact) mass is 288 g/mol. The Morgan fingerprint density at radius 2 is 1.90 bits per heavy atom. The minimum atomic E-state index is -0.811. The van der Waals surface area contributed by atoms with Gasteiger partial charge >= 0.3 is 0 Å². The standard InChI is InChI=1S/C17H24N2O2/c1-13(9-10-14-7-5-4-6-8-14)19-12-11-15(20)18-17(2,3)16(19)21/h4-8,13H,9-12H2,1-3H3,(H,18,20). The second-order valence-electron chi connectivity index (χ2n) is 6.30. The van der Waals surface area contributed by atoms with E-state index < -0.39 is 5.54 Å². The van der Waals surface area contributed by atoms with Crippen molar-refractivity contribution in [2.24, 2.45) is 0 Å². The molecule has 1 aromatic rings. The zero-order chi connectivity index (χ0) is 15.5. The van der Waals surface area contributed by atoms with Gasteiger partial charge in [-0.3, -0.25) is 9.59 Å². The van der Waals surface area contributed by atoms with Crippen LogP contribution in [0.3, 0.4) is 0 Å². The minimum absolute atomic E-state index is 0.00825. The molecular weight excluding hydrogens is 264 g/mol. The average molecular weight is 288 g/mol. The Morgan fingerprint density at radius 3 is 2.57 bits per heavy atom. The van der Waals surface area contributed by atoms with Gasteiger partial charge in [-0.25, -0.2) is 0 Å². The number of amides is 2. The fraction of sp³-hybridized carbons (Fsp3) is 0.529. The molecule has 0 radical (unpaired) electrons. The molecule has 2 rings (SSSR count). The first-order valence-corrected chi connectivity index (χ1v) is 7.56. The summed E-state index contributed by atoms with van der Waals surface area (Å²) in [4.78, 5) is 26.1. The summed E-state index contributed by atoms with van der Waals surface area (Å²) < 4.78 is 0. The Labute approximate surface area is 126 Å². The van der Waals surface area contributed by atoms with Crippen molar-refractivity contribution in [3.05, 3.63) is 35.9 Å². The average Bonchev–Trinajstić information content (AvgIpc) is 2.54. The van der Waals surface area contributed by atoms with E-state index in [4.69, 9.17) is 0 Å². The van der Waals surface area contributed by atoms with Gasteiger partial charge in [0.2, 0.25) is 11.8 Å². The Morgan fingerprint density at radius 1 is 1.24 bits per heavy atom. The molecule has 1 N–H and O–H groups in total. The van der Waals surface area contributed by atoms with Crippen LogP contribution in [0, 0.1) is 0 Å². The summed E-state index contributed by atoms with van der Waals surface area (Å²) in [6.07, 6.45) is 2.22. The summed E-state index contributed by atoms with van der Waals surface area (Å²) in [6.45, 7) is 6.11. The van der Waals surface area contributed by atoms with Crippen LogP contribution in [0.4, 0.5) is 0 Å². The molecule has 0 bridgehead atoms. The van der Waals surface area contributed by atoms with Gasteiger partial charge in [0.1, 0.15) is 5.54 Å². The lowest BCUT2D eigenvalue weighted by Gasteiger charge is -2.33. The fourth-order valence-electron chi connectivity index (χ4n) is 2.74. The van der Waals surface area contributed by atoms with Crippen LogP contribution in [0.25, 0.3) is 0 Å². The van der Waals surface area contributed by atoms with Gasteiger partial charge < -0.3 is 10.2 Å². The molecule has 2 amide bonds. The van der Waals surface area contributed by atoms with Gasteiger partial charge in [-0.1, -0.05) is 30.3 Å². The zero-order valence-electron chi connectivity index (χ0n) is 13.1. The Balaban J connectivity index is 2.01. The van der Waals surface area contributed by atoms with Crippen molar-refractivity contribution >= 4 is 11.8 Å². The maximum atomic E-state index is 12.6. The molecule has 114 valence electrons. The van der Waals surface area contributed by atoms with E-state index in [1.54, 1.807) is 13.8 Å². The van der Waals surface area contributed by atoms with Gasteiger partial charge in [0, 0.05) is 19.0 Å². The lowest BCUT2D eigenvalue weighted by atomic mass is 10.0. The summed E-state index contributed by atoms with van der Waals surface area (Å²) >= 11 is 0. The Hall–Kier alpha value is -1.84. The third-order valence-corrected chi connectivity index (χ3v) is 4.05. The lowest BCUT2D eigenvalue weighted by Crippen LogP contribution is -2.54. The van der Waals surface area contributed by atoms with Gasteiger partial charge in [-0.15, -0.1) is 0 Å². The molecular formula is C17H24N2O2. The fourth-order valence-corrected chi connectivity index (χ4v) is 2.74. The van der Waals surface area contributed by atoms with E-state index in [2.05, 4.69) is 24.4 Å². The second-order valence-corrected chi connectivity index (χ2v) is 6.30. The van der Waals surface area contributed by atoms with Crippen molar-refractivity contribution in [2.45, 2.75) is 51.6 Å². The third-order valence-electron chi connectivity index (χ3n) is 4.05. The van der Waals surface area contributed by atoms with E-state index in [-0.39, 0.29) is 17.9 Å². The molecule has 4 heteroatoms. The summed E-state index contributed by atoms with van der Waals surface area (Å²) in [5.74, 6) is -0.0416. The van der Waals surface area contributed by atoms with Gasteiger partial charge in [-0.05, 0) is 39.2 Å². The molecule has 1 aliphatic heterocycles. The summed E-state index contributed by atoms with van der Waals surface area (Å²) in [7, 11) is 0. The molecule has 1 heterocycles. The van der Waals surface area contributed by atoms with Crippen molar-refractivity contribution in [1.29, 1.82) is 0 Å².